The number of benzene rings is 2. The van der Waals surface area contributed by atoms with E-state index in [-0.39, 0.29) is 11.3 Å². The molecule has 0 radical (unpaired) electrons. The number of aryl methyl sites for hydroxylation is 1. The molecule has 0 bridgehead atoms. The van der Waals surface area contributed by atoms with Crippen LogP contribution in [0.4, 0.5) is 17.3 Å². The molecule has 2 aromatic carbocycles. The number of rotatable bonds is 4. The minimum Gasteiger partial charge on any atom is -0.324 e. The molecule has 148 valence electrons. The van der Waals surface area contributed by atoms with Crippen LogP contribution in [0.1, 0.15) is 25.7 Å². The van der Waals surface area contributed by atoms with Crippen LogP contribution in [0.2, 0.25) is 5.02 Å². The topological polar surface area (TPSA) is 63.1 Å². The average molecular weight is 408 g/mol. The molecule has 1 saturated carbocycles. The van der Waals surface area contributed by atoms with Gasteiger partial charge in [0.2, 0.25) is 11.9 Å². The van der Waals surface area contributed by atoms with Crippen molar-refractivity contribution in [3.8, 4) is 11.4 Å². The lowest BCUT2D eigenvalue weighted by Gasteiger charge is -2.37. The standard InChI is InChI=1S/C22H22ClN5O/c1-27-21(24-17-7-5-16(23)6-8-17)25-20(26-27)15-3-9-18(10-4-15)28-14-22(11-2-12-22)13-19(28)29/h3-10H,2,11-14H2,1H3,(H,24,25,26). The molecule has 2 fully saturated rings. The summed E-state index contributed by atoms with van der Waals surface area (Å²) in [5.74, 6) is 1.52. The summed E-state index contributed by atoms with van der Waals surface area (Å²) in [4.78, 5) is 19.0. The molecule has 1 aromatic heterocycles. The van der Waals surface area contributed by atoms with Crippen molar-refractivity contribution in [2.45, 2.75) is 25.7 Å². The van der Waals surface area contributed by atoms with E-state index in [1.54, 1.807) is 4.68 Å². The third-order valence-corrected chi connectivity index (χ3v) is 6.29. The van der Waals surface area contributed by atoms with Gasteiger partial charge in [-0.1, -0.05) is 18.0 Å². The molecule has 3 aromatic rings. The van der Waals surface area contributed by atoms with Crippen molar-refractivity contribution in [2.75, 3.05) is 16.8 Å². The van der Waals surface area contributed by atoms with Gasteiger partial charge in [0, 0.05) is 42.0 Å². The molecule has 1 saturated heterocycles. The lowest BCUT2D eigenvalue weighted by molar-refractivity contribution is -0.118. The Morgan fingerprint density at radius 3 is 2.41 bits per heavy atom. The van der Waals surface area contributed by atoms with Gasteiger partial charge >= 0.3 is 0 Å². The monoisotopic (exact) mass is 407 g/mol. The summed E-state index contributed by atoms with van der Waals surface area (Å²) in [7, 11) is 1.85. The summed E-state index contributed by atoms with van der Waals surface area (Å²) >= 11 is 5.94. The molecule has 1 N–H and O–H groups in total. The molecule has 2 aliphatic rings. The fourth-order valence-corrected chi connectivity index (χ4v) is 4.34. The molecule has 6 nitrogen and oxygen atoms in total. The number of hydrogen-bond acceptors (Lipinski definition) is 4. The summed E-state index contributed by atoms with van der Waals surface area (Å²) in [5.41, 5.74) is 3.00. The van der Waals surface area contributed by atoms with Crippen molar-refractivity contribution < 1.29 is 4.79 Å². The SMILES string of the molecule is Cn1nc(-c2ccc(N3CC4(CCC4)CC3=O)cc2)nc1Nc1ccc(Cl)cc1. The van der Waals surface area contributed by atoms with Crippen LogP contribution >= 0.6 is 11.6 Å². The summed E-state index contributed by atoms with van der Waals surface area (Å²) in [6.07, 6.45) is 4.29. The highest BCUT2D eigenvalue weighted by atomic mass is 35.5. The van der Waals surface area contributed by atoms with Crippen molar-refractivity contribution in [1.82, 2.24) is 14.8 Å². The molecule has 0 atom stereocenters. The van der Waals surface area contributed by atoms with Crippen LogP contribution in [0.25, 0.3) is 11.4 Å². The van der Waals surface area contributed by atoms with Crippen molar-refractivity contribution >= 4 is 34.8 Å². The Labute approximate surface area is 174 Å². The van der Waals surface area contributed by atoms with Crippen LogP contribution < -0.4 is 10.2 Å². The molecule has 7 heteroatoms. The van der Waals surface area contributed by atoms with Gasteiger partial charge < -0.3 is 10.2 Å². The zero-order chi connectivity index (χ0) is 20.0. The number of carbonyl (C=O) groups excluding carboxylic acids is 1. The fraction of sp³-hybridized carbons (Fsp3) is 0.318. The predicted octanol–water partition coefficient (Wildman–Crippen LogP) is 4.79. The number of amides is 1. The Morgan fingerprint density at radius 2 is 1.79 bits per heavy atom. The highest BCUT2D eigenvalue weighted by molar-refractivity contribution is 6.30. The van der Waals surface area contributed by atoms with Gasteiger partial charge in [0.25, 0.3) is 0 Å². The molecule has 2 heterocycles. The van der Waals surface area contributed by atoms with E-state index in [0.717, 1.165) is 23.5 Å². The second kappa shape index (κ2) is 6.88. The van der Waals surface area contributed by atoms with E-state index in [1.165, 1.54) is 19.3 Å². The largest absolute Gasteiger partial charge is 0.324 e. The molecule has 0 unspecified atom stereocenters. The van der Waals surface area contributed by atoms with Crippen molar-refractivity contribution in [3.63, 3.8) is 0 Å². The maximum Gasteiger partial charge on any atom is 0.227 e. The van der Waals surface area contributed by atoms with E-state index >= 15 is 0 Å². The Bertz CT molecular complexity index is 1050. The molecule has 1 aliphatic carbocycles. The maximum atomic E-state index is 12.5. The molecule has 1 spiro atoms. The van der Waals surface area contributed by atoms with E-state index in [4.69, 9.17) is 11.6 Å². The van der Waals surface area contributed by atoms with E-state index in [2.05, 4.69) is 15.4 Å². The van der Waals surface area contributed by atoms with Gasteiger partial charge in [-0.2, -0.15) is 4.98 Å². The van der Waals surface area contributed by atoms with Gasteiger partial charge in [-0.3, -0.25) is 4.79 Å². The van der Waals surface area contributed by atoms with Crippen LogP contribution in [0.3, 0.4) is 0 Å². The summed E-state index contributed by atoms with van der Waals surface area (Å²) in [6.45, 7) is 0.849. The highest BCUT2D eigenvalue weighted by Crippen LogP contribution is 2.49. The van der Waals surface area contributed by atoms with Crippen molar-refractivity contribution in [2.24, 2.45) is 12.5 Å². The number of halogens is 1. The van der Waals surface area contributed by atoms with Crippen LogP contribution in [-0.2, 0) is 11.8 Å². The van der Waals surface area contributed by atoms with Crippen molar-refractivity contribution in [1.29, 1.82) is 0 Å². The Kier molecular flexibility index (Phi) is 4.32. The number of anilines is 3. The van der Waals surface area contributed by atoms with Crippen LogP contribution in [0, 0.1) is 5.41 Å². The third kappa shape index (κ3) is 3.38. The van der Waals surface area contributed by atoms with Gasteiger partial charge in [0.05, 0.1) is 0 Å². The minimum atomic E-state index is 0.237. The van der Waals surface area contributed by atoms with E-state index in [9.17, 15) is 4.79 Å². The van der Waals surface area contributed by atoms with E-state index in [1.807, 2.05) is 60.5 Å². The average Bonchev–Trinajstić information content (AvgIpc) is 3.24. The third-order valence-electron chi connectivity index (χ3n) is 6.04. The lowest BCUT2D eigenvalue weighted by Crippen LogP contribution is -2.33. The molecular weight excluding hydrogens is 386 g/mol. The molecule has 1 aliphatic heterocycles. The minimum absolute atomic E-state index is 0.237. The summed E-state index contributed by atoms with van der Waals surface area (Å²) < 4.78 is 1.71. The van der Waals surface area contributed by atoms with Gasteiger partial charge in [-0.05, 0) is 66.8 Å². The van der Waals surface area contributed by atoms with Gasteiger partial charge in [0.15, 0.2) is 5.82 Å². The smallest absolute Gasteiger partial charge is 0.227 e. The first kappa shape index (κ1) is 18.2. The first-order valence-corrected chi connectivity index (χ1v) is 10.2. The number of hydrogen-bond donors (Lipinski definition) is 1. The second-order valence-electron chi connectivity index (χ2n) is 8.07. The quantitative estimate of drug-likeness (QED) is 0.675. The first-order valence-electron chi connectivity index (χ1n) is 9.86. The number of nitrogens with one attached hydrogen (secondary N) is 1. The molecule has 5 rings (SSSR count). The summed E-state index contributed by atoms with van der Waals surface area (Å²) in [6, 6.07) is 15.4. The normalized spacial score (nSPS) is 17.6. The van der Waals surface area contributed by atoms with Crippen LogP contribution in [0.15, 0.2) is 48.5 Å². The Balaban J connectivity index is 1.34. The zero-order valence-corrected chi connectivity index (χ0v) is 17.0. The second-order valence-corrected chi connectivity index (χ2v) is 8.51. The Morgan fingerprint density at radius 1 is 1.07 bits per heavy atom. The van der Waals surface area contributed by atoms with Gasteiger partial charge in [-0.25, -0.2) is 4.68 Å². The predicted molar refractivity (Wildman–Crippen MR) is 114 cm³/mol. The maximum absolute atomic E-state index is 12.5. The van der Waals surface area contributed by atoms with E-state index in [0.29, 0.717) is 23.2 Å². The summed E-state index contributed by atoms with van der Waals surface area (Å²) in [5, 5.41) is 8.46. The van der Waals surface area contributed by atoms with Gasteiger partial charge in [0.1, 0.15) is 0 Å². The number of carbonyl (C=O) groups is 1. The zero-order valence-electron chi connectivity index (χ0n) is 16.2. The first-order chi connectivity index (χ1) is 14.0. The van der Waals surface area contributed by atoms with Crippen LogP contribution in [0.5, 0.6) is 0 Å². The van der Waals surface area contributed by atoms with Crippen molar-refractivity contribution in [3.05, 3.63) is 53.6 Å². The number of aromatic nitrogens is 3. The fourth-order valence-electron chi connectivity index (χ4n) is 4.21. The lowest BCUT2D eigenvalue weighted by atomic mass is 9.68. The number of nitrogens with zero attached hydrogens (tertiary/aromatic N) is 4. The molecule has 1 amide bonds. The molecule has 29 heavy (non-hydrogen) atoms. The highest BCUT2D eigenvalue weighted by Gasteiger charge is 2.47. The van der Waals surface area contributed by atoms with Crippen LogP contribution in [-0.4, -0.2) is 27.2 Å². The molecular formula is C22H22ClN5O. The Hall–Kier alpha value is -2.86. The van der Waals surface area contributed by atoms with E-state index < -0.39 is 0 Å². The van der Waals surface area contributed by atoms with Gasteiger partial charge in [-0.15, -0.1) is 5.10 Å².